The van der Waals surface area contributed by atoms with Crippen molar-refractivity contribution in [2.24, 2.45) is 4.99 Å². The molecule has 0 unspecified atom stereocenters. The topological polar surface area (TPSA) is 85.3 Å². The highest BCUT2D eigenvalue weighted by atomic mass is 32.2. The summed E-state index contributed by atoms with van der Waals surface area (Å²) in [7, 11) is -1.08. The number of rotatable bonds is 5. The Morgan fingerprint density at radius 3 is 2.26 bits per heavy atom. The van der Waals surface area contributed by atoms with E-state index in [2.05, 4.69) is 4.99 Å². The molecule has 1 aliphatic heterocycles. The number of carbonyl (C=O) groups is 1. The Morgan fingerprint density at radius 2 is 1.70 bits per heavy atom. The summed E-state index contributed by atoms with van der Waals surface area (Å²) >= 11 is 0. The third kappa shape index (κ3) is 3.66. The van der Waals surface area contributed by atoms with E-state index in [9.17, 15) is 13.2 Å². The van der Waals surface area contributed by atoms with Crippen molar-refractivity contribution in [3.05, 3.63) is 59.7 Å². The number of nitrogens with zero attached hydrogens (tertiary/aromatic N) is 2. The summed E-state index contributed by atoms with van der Waals surface area (Å²) in [5.74, 6) is 0.256. The highest BCUT2D eigenvalue weighted by Gasteiger charge is 2.39. The van der Waals surface area contributed by atoms with E-state index in [4.69, 9.17) is 9.47 Å². The Morgan fingerprint density at radius 1 is 1.07 bits per heavy atom. The standard InChI is InChI=1S/C19H20N2O5S/c1-13-4-10-16(11-5-13)27(23,24)21-12-17(19(22)26-3)20-18(21)14-6-8-15(25-2)9-7-14/h4-11,17H,12H2,1-3H3/t17-/m0/s1. The fourth-order valence-corrected chi connectivity index (χ4v) is 4.22. The van der Waals surface area contributed by atoms with Crippen LogP contribution >= 0.6 is 0 Å². The molecule has 0 radical (unpaired) electrons. The number of carbonyl (C=O) groups excluding carboxylic acids is 1. The van der Waals surface area contributed by atoms with E-state index in [0.29, 0.717) is 11.3 Å². The van der Waals surface area contributed by atoms with Gasteiger partial charge in [-0.15, -0.1) is 0 Å². The number of hydrogen-bond acceptors (Lipinski definition) is 6. The molecule has 2 aromatic carbocycles. The van der Waals surface area contributed by atoms with Gasteiger partial charge < -0.3 is 9.47 Å². The molecule has 0 saturated heterocycles. The molecule has 7 nitrogen and oxygen atoms in total. The molecule has 2 aromatic rings. The normalized spacial score (nSPS) is 16.8. The van der Waals surface area contributed by atoms with Crippen molar-refractivity contribution in [3.63, 3.8) is 0 Å². The molecule has 0 saturated carbocycles. The molecule has 8 heteroatoms. The van der Waals surface area contributed by atoms with Crippen molar-refractivity contribution in [2.75, 3.05) is 20.8 Å². The van der Waals surface area contributed by atoms with E-state index in [1.165, 1.54) is 7.11 Å². The lowest BCUT2D eigenvalue weighted by Crippen LogP contribution is -2.37. The van der Waals surface area contributed by atoms with Crippen molar-refractivity contribution < 1.29 is 22.7 Å². The first kappa shape index (κ1) is 18.9. The zero-order chi connectivity index (χ0) is 19.6. The van der Waals surface area contributed by atoms with Crippen LogP contribution in [0.2, 0.25) is 0 Å². The van der Waals surface area contributed by atoms with Gasteiger partial charge in [0.2, 0.25) is 0 Å². The molecule has 0 aromatic heterocycles. The van der Waals surface area contributed by atoms with Gasteiger partial charge in [0.15, 0.2) is 6.04 Å². The lowest BCUT2D eigenvalue weighted by atomic mass is 10.2. The van der Waals surface area contributed by atoms with Crippen LogP contribution in [-0.2, 0) is 19.6 Å². The predicted molar refractivity (Wildman–Crippen MR) is 100 cm³/mol. The lowest BCUT2D eigenvalue weighted by molar-refractivity contribution is -0.141. The van der Waals surface area contributed by atoms with Gasteiger partial charge in [-0.05, 0) is 43.3 Å². The zero-order valence-electron chi connectivity index (χ0n) is 15.2. The molecule has 1 heterocycles. The molecule has 0 aliphatic carbocycles. The maximum atomic E-state index is 13.2. The molecule has 0 amide bonds. The van der Waals surface area contributed by atoms with Gasteiger partial charge in [-0.25, -0.2) is 22.5 Å². The Balaban J connectivity index is 2.04. The van der Waals surface area contributed by atoms with Gasteiger partial charge >= 0.3 is 5.97 Å². The number of amidine groups is 1. The maximum absolute atomic E-state index is 13.2. The number of sulfonamides is 1. The minimum absolute atomic E-state index is 0.107. The second-order valence-corrected chi connectivity index (χ2v) is 7.93. The Bertz CT molecular complexity index is 966. The van der Waals surface area contributed by atoms with Crippen molar-refractivity contribution in [3.8, 4) is 5.75 Å². The Labute approximate surface area is 158 Å². The van der Waals surface area contributed by atoms with Crippen molar-refractivity contribution in [1.82, 2.24) is 4.31 Å². The fourth-order valence-electron chi connectivity index (χ4n) is 2.77. The predicted octanol–water partition coefficient (Wildman–Crippen LogP) is 2.00. The number of aliphatic imine (C=N–C) groups is 1. The van der Waals surface area contributed by atoms with E-state index in [1.54, 1.807) is 55.6 Å². The summed E-state index contributed by atoms with van der Waals surface area (Å²) in [6.07, 6.45) is 0. The smallest absolute Gasteiger partial charge is 0.332 e. The minimum atomic E-state index is -3.88. The summed E-state index contributed by atoms with van der Waals surface area (Å²) in [6, 6.07) is 12.5. The van der Waals surface area contributed by atoms with Gasteiger partial charge in [0.1, 0.15) is 11.6 Å². The van der Waals surface area contributed by atoms with Gasteiger partial charge in [0.05, 0.1) is 25.7 Å². The van der Waals surface area contributed by atoms with Crippen LogP contribution in [0.3, 0.4) is 0 Å². The maximum Gasteiger partial charge on any atom is 0.332 e. The van der Waals surface area contributed by atoms with E-state index in [0.717, 1.165) is 9.87 Å². The first-order valence-electron chi connectivity index (χ1n) is 8.26. The molecule has 1 aliphatic rings. The monoisotopic (exact) mass is 388 g/mol. The van der Waals surface area contributed by atoms with Gasteiger partial charge in [-0.3, -0.25) is 0 Å². The average molecular weight is 388 g/mol. The lowest BCUT2D eigenvalue weighted by Gasteiger charge is -2.21. The number of methoxy groups -OCH3 is 2. The highest BCUT2D eigenvalue weighted by molar-refractivity contribution is 7.89. The number of ether oxygens (including phenoxy) is 2. The summed E-state index contributed by atoms with van der Waals surface area (Å²) in [6.45, 7) is 1.77. The molecular weight excluding hydrogens is 368 g/mol. The first-order valence-corrected chi connectivity index (χ1v) is 9.70. The Hall–Kier alpha value is -2.87. The van der Waals surface area contributed by atoms with Crippen molar-refractivity contribution >= 4 is 21.8 Å². The average Bonchev–Trinajstić information content (AvgIpc) is 3.14. The Kier molecular flexibility index (Phi) is 5.18. The molecule has 142 valence electrons. The SMILES string of the molecule is COC(=O)[C@@H]1CN(S(=O)(=O)c2ccc(C)cc2)C(c2ccc(OC)cc2)=N1. The van der Waals surface area contributed by atoms with Crippen LogP contribution in [0.1, 0.15) is 11.1 Å². The second-order valence-electron chi connectivity index (χ2n) is 6.07. The molecular formula is C19H20N2O5S. The third-order valence-corrected chi connectivity index (χ3v) is 6.05. The molecule has 0 spiro atoms. The summed E-state index contributed by atoms with van der Waals surface area (Å²) in [4.78, 5) is 16.4. The molecule has 27 heavy (non-hydrogen) atoms. The van der Waals surface area contributed by atoms with E-state index >= 15 is 0 Å². The number of aryl methyl sites for hydroxylation is 1. The number of hydrogen-bond donors (Lipinski definition) is 0. The fraction of sp³-hybridized carbons (Fsp3) is 0.263. The van der Waals surface area contributed by atoms with Crippen molar-refractivity contribution in [2.45, 2.75) is 17.9 Å². The van der Waals surface area contributed by atoms with E-state index in [-0.39, 0.29) is 17.3 Å². The molecule has 3 rings (SSSR count). The largest absolute Gasteiger partial charge is 0.497 e. The third-order valence-electron chi connectivity index (χ3n) is 4.28. The van der Waals surface area contributed by atoms with Crippen LogP contribution in [0.4, 0.5) is 0 Å². The van der Waals surface area contributed by atoms with Gasteiger partial charge in [-0.1, -0.05) is 17.7 Å². The van der Waals surface area contributed by atoms with E-state index in [1.807, 2.05) is 6.92 Å². The zero-order valence-corrected chi connectivity index (χ0v) is 16.1. The van der Waals surface area contributed by atoms with Crippen LogP contribution in [0, 0.1) is 6.92 Å². The van der Waals surface area contributed by atoms with Crippen LogP contribution in [0.5, 0.6) is 5.75 Å². The quantitative estimate of drug-likeness (QED) is 0.732. The first-order chi connectivity index (χ1) is 12.9. The summed E-state index contributed by atoms with van der Waals surface area (Å²) in [5, 5.41) is 0. The van der Waals surface area contributed by atoms with Crippen LogP contribution < -0.4 is 4.74 Å². The van der Waals surface area contributed by atoms with E-state index < -0.39 is 22.0 Å². The highest BCUT2D eigenvalue weighted by Crippen LogP contribution is 2.26. The van der Waals surface area contributed by atoms with Gasteiger partial charge in [0, 0.05) is 5.56 Å². The van der Waals surface area contributed by atoms with Crippen LogP contribution in [-0.4, -0.2) is 51.3 Å². The number of benzene rings is 2. The second kappa shape index (κ2) is 7.40. The molecule has 0 bridgehead atoms. The summed E-state index contributed by atoms with van der Waals surface area (Å²) < 4.78 is 37.4. The summed E-state index contributed by atoms with van der Waals surface area (Å²) in [5.41, 5.74) is 1.52. The van der Waals surface area contributed by atoms with Crippen LogP contribution in [0.15, 0.2) is 58.4 Å². The molecule has 0 fully saturated rings. The van der Waals surface area contributed by atoms with Gasteiger partial charge in [-0.2, -0.15) is 0 Å². The van der Waals surface area contributed by atoms with Crippen LogP contribution in [0.25, 0.3) is 0 Å². The van der Waals surface area contributed by atoms with Gasteiger partial charge in [0.25, 0.3) is 10.0 Å². The molecule has 1 atom stereocenters. The molecule has 0 N–H and O–H groups in total. The number of esters is 1. The minimum Gasteiger partial charge on any atom is -0.497 e. The van der Waals surface area contributed by atoms with Crippen molar-refractivity contribution in [1.29, 1.82) is 0 Å².